The van der Waals surface area contributed by atoms with Crippen molar-refractivity contribution in [3.8, 4) is 0 Å². The fraction of sp³-hybridized carbons (Fsp3) is 0.467. The molecule has 7 heteroatoms. The maximum atomic E-state index is 12.4. The number of anilines is 1. The molecule has 1 aromatic rings. The number of amides is 2. The number of rotatable bonds is 2. The number of ether oxygens (including phenoxy) is 1. The van der Waals surface area contributed by atoms with Crippen LogP contribution in [0.2, 0.25) is 5.02 Å². The molecular weight excluding hydrogens is 324 g/mol. The molecule has 1 aliphatic rings. The molecule has 22 heavy (non-hydrogen) atoms. The molecule has 1 saturated heterocycles. The van der Waals surface area contributed by atoms with Gasteiger partial charge < -0.3 is 10.1 Å². The maximum absolute atomic E-state index is 12.4. The Morgan fingerprint density at radius 1 is 1.32 bits per heavy atom. The molecule has 2 amide bonds. The number of halogens is 1. The Bertz CT molecular complexity index is 557. The Morgan fingerprint density at radius 3 is 2.55 bits per heavy atom. The standard InChI is InChI=1S/C15H19ClN2O3S/c1-15(2,3)21-14(20)18-9-22-8-12(18)13(19)17-11-6-4-10(16)5-7-11/h4-7,12H,8-9H2,1-3H3,(H,17,19)/t12-/m1/s1. The minimum atomic E-state index is -0.582. The van der Waals surface area contributed by atoms with Crippen molar-refractivity contribution in [2.45, 2.75) is 32.4 Å². The van der Waals surface area contributed by atoms with Gasteiger partial charge in [-0.15, -0.1) is 11.8 Å². The minimum absolute atomic E-state index is 0.224. The van der Waals surface area contributed by atoms with Gasteiger partial charge in [-0.3, -0.25) is 9.69 Å². The molecule has 0 spiro atoms. The summed E-state index contributed by atoms with van der Waals surface area (Å²) in [4.78, 5) is 26.0. The highest BCUT2D eigenvalue weighted by molar-refractivity contribution is 7.99. The fourth-order valence-corrected chi connectivity index (χ4v) is 3.19. The summed E-state index contributed by atoms with van der Waals surface area (Å²) in [7, 11) is 0. The first-order chi connectivity index (χ1) is 10.3. The molecule has 1 aromatic carbocycles. The topological polar surface area (TPSA) is 58.6 Å². The highest BCUT2D eigenvalue weighted by Crippen LogP contribution is 2.25. The third-order valence-electron chi connectivity index (χ3n) is 2.92. The summed E-state index contributed by atoms with van der Waals surface area (Å²) < 4.78 is 5.34. The number of thioether (sulfide) groups is 1. The Kier molecular flexibility index (Phi) is 5.24. The van der Waals surface area contributed by atoms with Crippen LogP contribution in [-0.2, 0) is 9.53 Å². The number of nitrogens with zero attached hydrogens (tertiary/aromatic N) is 1. The van der Waals surface area contributed by atoms with Gasteiger partial charge in [0.05, 0.1) is 5.88 Å². The first kappa shape index (κ1) is 17.0. The lowest BCUT2D eigenvalue weighted by Crippen LogP contribution is -2.46. The third kappa shape index (κ3) is 4.55. The summed E-state index contributed by atoms with van der Waals surface area (Å²) >= 11 is 7.35. The third-order valence-corrected chi connectivity index (χ3v) is 4.19. The van der Waals surface area contributed by atoms with Gasteiger partial charge in [-0.05, 0) is 45.0 Å². The largest absolute Gasteiger partial charge is 0.444 e. The number of hydrogen-bond donors (Lipinski definition) is 1. The Hall–Kier alpha value is -1.40. The molecule has 1 atom stereocenters. The van der Waals surface area contributed by atoms with Crippen LogP contribution in [-0.4, -0.2) is 40.2 Å². The van der Waals surface area contributed by atoms with Crippen LogP contribution in [0.3, 0.4) is 0 Å². The Labute approximate surface area is 139 Å². The van der Waals surface area contributed by atoms with Gasteiger partial charge in [0.25, 0.3) is 0 Å². The van der Waals surface area contributed by atoms with Crippen LogP contribution in [0.15, 0.2) is 24.3 Å². The average Bonchev–Trinajstić information content (AvgIpc) is 2.89. The molecule has 1 fully saturated rings. The van der Waals surface area contributed by atoms with Crippen LogP contribution in [0.1, 0.15) is 20.8 Å². The molecule has 0 aliphatic carbocycles. The fourth-order valence-electron chi connectivity index (χ4n) is 1.92. The van der Waals surface area contributed by atoms with Gasteiger partial charge in [0, 0.05) is 16.5 Å². The quantitative estimate of drug-likeness (QED) is 0.892. The first-order valence-corrected chi connectivity index (χ1v) is 8.43. The van der Waals surface area contributed by atoms with Crippen molar-refractivity contribution in [2.24, 2.45) is 0 Å². The average molecular weight is 343 g/mol. The molecule has 1 aliphatic heterocycles. The van der Waals surface area contributed by atoms with E-state index in [0.29, 0.717) is 22.3 Å². The van der Waals surface area contributed by atoms with E-state index in [1.54, 1.807) is 45.0 Å². The summed E-state index contributed by atoms with van der Waals surface area (Å²) in [6.07, 6.45) is -0.464. The summed E-state index contributed by atoms with van der Waals surface area (Å²) in [5.41, 5.74) is 0.0668. The van der Waals surface area contributed by atoms with Gasteiger partial charge in [-0.1, -0.05) is 11.6 Å². The van der Waals surface area contributed by atoms with E-state index in [1.807, 2.05) is 0 Å². The molecule has 0 saturated carbocycles. The molecule has 5 nitrogen and oxygen atoms in total. The zero-order valence-electron chi connectivity index (χ0n) is 12.8. The number of nitrogens with one attached hydrogen (secondary N) is 1. The van der Waals surface area contributed by atoms with Gasteiger partial charge in [-0.2, -0.15) is 0 Å². The maximum Gasteiger partial charge on any atom is 0.411 e. The Morgan fingerprint density at radius 2 is 1.95 bits per heavy atom. The van der Waals surface area contributed by atoms with E-state index >= 15 is 0 Å². The predicted molar refractivity (Wildman–Crippen MR) is 89.3 cm³/mol. The van der Waals surface area contributed by atoms with Gasteiger partial charge in [0.2, 0.25) is 5.91 Å². The van der Waals surface area contributed by atoms with Crippen LogP contribution in [0, 0.1) is 0 Å². The van der Waals surface area contributed by atoms with Crippen molar-refractivity contribution in [1.82, 2.24) is 4.90 Å². The highest BCUT2D eigenvalue weighted by Gasteiger charge is 2.37. The minimum Gasteiger partial charge on any atom is -0.444 e. The second-order valence-corrected chi connectivity index (χ2v) is 7.40. The van der Waals surface area contributed by atoms with E-state index in [0.717, 1.165) is 0 Å². The highest BCUT2D eigenvalue weighted by atomic mass is 35.5. The molecule has 0 bridgehead atoms. The number of carbonyl (C=O) groups excluding carboxylic acids is 2. The van der Waals surface area contributed by atoms with Crippen LogP contribution >= 0.6 is 23.4 Å². The van der Waals surface area contributed by atoms with Crippen LogP contribution in [0.5, 0.6) is 0 Å². The van der Waals surface area contributed by atoms with E-state index in [1.165, 1.54) is 16.7 Å². The van der Waals surface area contributed by atoms with Crippen molar-refractivity contribution in [3.63, 3.8) is 0 Å². The van der Waals surface area contributed by atoms with Gasteiger partial charge in [0.15, 0.2) is 0 Å². The second kappa shape index (κ2) is 6.79. The molecular formula is C15H19ClN2O3S. The van der Waals surface area contributed by atoms with E-state index < -0.39 is 17.7 Å². The summed E-state index contributed by atoms with van der Waals surface area (Å²) in [5.74, 6) is 0.782. The molecule has 120 valence electrons. The van der Waals surface area contributed by atoms with Crippen molar-refractivity contribution in [3.05, 3.63) is 29.3 Å². The van der Waals surface area contributed by atoms with Crippen LogP contribution < -0.4 is 5.32 Å². The van der Waals surface area contributed by atoms with Crippen molar-refractivity contribution < 1.29 is 14.3 Å². The molecule has 0 radical (unpaired) electrons. The lowest BCUT2D eigenvalue weighted by Gasteiger charge is -2.27. The second-order valence-electron chi connectivity index (χ2n) is 5.96. The molecule has 1 N–H and O–H groups in total. The summed E-state index contributed by atoms with van der Waals surface area (Å²) in [6.45, 7) is 5.41. The van der Waals surface area contributed by atoms with Crippen molar-refractivity contribution >= 4 is 41.1 Å². The molecule has 2 rings (SSSR count). The monoisotopic (exact) mass is 342 g/mol. The number of hydrogen-bond acceptors (Lipinski definition) is 4. The van der Waals surface area contributed by atoms with Gasteiger partial charge in [0.1, 0.15) is 11.6 Å². The van der Waals surface area contributed by atoms with E-state index in [4.69, 9.17) is 16.3 Å². The lowest BCUT2D eigenvalue weighted by atomic mass is 10.2. The van der Waals surface area contributed by atoms with Crippen molar-refractivity contribution in [2.75, 3.05) is 16.9 Å². The molecule has 0 aromatic heterocycles. The van der Waals surface area contributed by atoms with Crippen molar-refractivity contribution in [1.29, 1.82) is 0 Å². The normalized spacial score (nSPS) is 18.2. The van der Waals surface area contributed by atoms with E-state index in [2.05, 4.69) is 5.32 Å². The Balaban J connectivity index is 2.01. The first-order valence-electron chi connectivity index (χ1n) is 6.90. The number of benzene rings is 1. The molecule has 1 heterocycles. The number of carbonyl (C=O) groups is 2. The predicted octanol–water partition coefficient (Wildman–Crippen LogP) is 3.59. The van der Waals surface area contributed by atoms with Gasteiger partial charge >= 0.3 is 6.09 Å². The van der Waals surface area contributed by atoms with Gasteiger partial charge in [-0.25, -0.2) is 4.79 Å². The van der Waals surface area contributed by atoms with E-state index in [9.17, 15) is 9.59 Å². The van der Waals surface area contributed by atoms with Crippen LogP contribution in [0.25, 0.3) is 0 Å². The zero-order valence-corrected chi connectivity index (χ0v) is 14.3. The summed E-state index contributed by atoms with van der Waals surface area (Å²) in [5, 5.41) is 3.40. The SMILES string of the molecule is CC(C)(C)OC(=O)N1CSC[C@@H]1C(=O)Nc1ccc(Cl)cc1. The van der Waals surface area contributed by atoms with E-state index in [-0.39, 0.29) is 5.91 Å². The lowest BCUT2D eigenvalue weighted by molar-refractivity contribution is -0.120. The van der Waals surface area contributed by atoms with Crippen LogP contribution in [0.4, 0.5) is 10.5 Å². The zero-order chi connectivity index (χ0) is 16.3. The molecule has 0 unspecified atom stereocenters. The summed E-state index contributed by atoms with van der Waals surface area (Å²) in [6, 6.07) is 6.31. The smallest absolute Gasteiger partial charge is 0.411 e.